The minimum absolute atomic E-state index is 0.0647. The topological polar surface area (TPSA) is 68.1 Å². The summed E-state index contributed by atoms with van der Waals surface area (Å²) in [7, 11) is 0. The van der Waals surface area contributed by atoms with E-state index in [9.17, 15) is 10.1 Å². The van der Waals surface area contributed by atoms with Gasteiger partial charge in [-0.25, -0.2) is 0 Å². The number of benzene rings is 1. The molecule has 0 radical (unpaired) electrons. The number of rotatable bonds is 4. The average molecular weight is 322 g/mol. The maximum Gasteiger partial charge on any atom is 0.292 e. The van der Waals surface area contributed by atoms with Crippen LogP contribution in [0.5, 0.6) is 0 Å². The van der Waals surface area contributed by atoms with Gasteiger partial charge >= 0.3 is 0 Å². The van der Waals surface area contributed by atoms with E-state index in [1.807, 2.05) is 13.0 Å². The number of aromatic nitrogens is 1. The van der Waals surface area contributed by atoms with Crippen molar-refractivity contribution in [2.75, 3.05) is 5.32 Å². The highest BCUT2D eigenvalue weighted by Crippen LogP contribution is 2.28. The van der Waals surface area contributed by atoms with Crippen LogP contribution in [0.25, 0.3) is 0 Å². The van der Waals surface area contributed by atoms with Gasteiger partial charge in [-0.1, -0.05) is 15.9 Å². The van der Waals surface area contributed by atoms with Gasteiger partial charge in [0.2, 0.25) is 0 Å². The van der Waals surface area contributed by atoms with Crippen LogP contribution in [0.15, 0.2) is 41.1 Å². The summed E-state index contributed by atoms with van der Waals surface area (Å²) in [6.07, 6.45) is 3.48. The van der Waals surface area contributed by atoms with Crippen molar-refractivity contribution in [1.29, 1.82) is 0 Å². The lowest BCUT2D eigenvalue weighted by Crippen LogP contribution is -2.04. The second-order valence-electron chi connectivity index (χ2n) is 4.07. The minimum atomic E-state index is -0.395. The molecule has 1 heterocycles. The Morgan fingerprint density at radius 2 is 2.21 bits per heavy atom. The first-order valence-corrected chi connectivity index (χ1v) is 6.44. The third-order valence-corrected chi connectivity index (χ3v) is 3.25. The average Bonchev–Trinajstić information content (AvgIpc) is 2.37. The molecule has 0 spiro atoms. The summed E-state index contributed by atoms with van der Waals surface area (Å²) in [6.45, 7) is 2.48. The van der Waals surface area contributed by atoms with E-state index in [4.69, 9.17) is 0 Å². The van der Waals surface area contributed by atoms with Gasteiger partial charge in [-0.05, 0) is 36.2 Å². The molecule has 0 saturated carbocycles. The van der Waals surface area contributed by atoms with Gasteiger partial charge in [0, 0.05) is 29.5 Å². The number of hydrogen-bond donors (Lipinski definition) is 1. The van der Waals surface area contributed by atoms with Crippen molar-refractivity contribution in [2.45, 2.75) is 13.5 Å². The zero-order valence-corrected chi connectivity index (χ0v) is 11.8. The number of nitrogens with one attached hydrogen (secondary N) is 1. The largest absolute Gasteiger partial charge is 0.375 e. The third-order valence-electron chi connectivity index (χ3n) is 2.76. The van der Waals surface area contributed by atoms with E-state index in [0.717, 1.165) is 15.6 Å². The molecule has 0 saturated heterocycles. The van der Waals surface area contributed by atoms with Crippen LogP contribution in [-0.2, 0) is 6.54 Å². The van der Waals surface area contributed by atoms with Crippen molar-refractivity contribution in [3.63, 3.8) is 0 Å². The number of aryl methyl sites for hydroxylation is 1. The maximum atomic E-state index is 11.0. The molecule has 0 amide bonds. The lowest BCUT2D eigenvalue weighted by atomic mass is 10.1. The van der Waals surface area contributed by atoms with Crippen LogP contribution in [0.1, 0.15) is 11.1 Å². The molecule has 5 nitrogen and oxygen atoms in total. The zero-order valence-electron chi connectivity index (χ0n) is 10.3. The first kappa shape index (κ1) is 13.5. The minimum Gasteiger partial charge on any atom is -0.375 e. The first-order valence-electron chi connectivity index (χ1n) is 5.65. The molecule has 0 atom stereocenters. The zero-order chi connectivity index (χ0) is 13.8. The Morgan fingerprint density at radius 3 is 2.89 bits per heavy atom. The Labute approximate surface area is 119 Å². The molecule has 98 valence electrons. The van der Waals surface area contributed by atoms with E-state index < -0.39 is 4.92 Å². The number of nitro groups is 1. The Kier molecular flexibility index (Phi) is 4.11. The number of nitrogens with zero attached hydrogens (tertiary/aromatic N) is 2. The number of hydrogen-bond acceptors (Lipinski definition) is 4. The van der Waals surface area contributed by atoms with Crippen molar-refractivity contribution < 1.29 is 4.92 Å². The normalized spacial score (nSPS) is 10.2. The third kappa shape index (κ3) is 3.29. The molecule has 0 aliphatic heterocycles. The van der Waals surface area contributed by atoms with Crippen LogP contribution in [0.4, 0.5) is 11.4 Å². The van der Waals surface area contributed by atoms with Gasteiger partial charge < -0.3 is 5.32 Å². The summed E-state index contributed by atoms with van der Waals surface area (Å²) in [5.74, 6) is 0. The molecule has 1 N–H and O–H groups in total. The highest BCUT2D eigenvalue weighted by molar-refractivity contribution is 9.10. The van der Waals surface area contributed by atoms with Crippen molar-refractivity contribution in [2.24, 2.45) is 0 Å². The van der Waals surface area contributed by atoms with E-state index in [1.54, 1.807) is 24.5 Å². The smallest absolute Gasteiger partial charge is 0.292 e. The SMILES string of the molecule is Cc1cnccc1CNc1cc(Br)ccc1[N+](=O)[O-]. The molecule has 0 aliphatic carbocycles. The molecule has 0 unspecified atom stereocenters. The predicted octanol–water partition coefficient (Wildman–Crippen LogP) is 3.67. The van der Waals surface area contributed by atoms with Crippen LogP contribution in [-0.4, -0.2) is 9.91 Å². The van der Waals surface area contributed by atoms with E-state index >= 15 is 0 Å². The summed E-state index contributed by atoms with van der Waals surface area (Å²) >= 11 is 3.31. The van der Waals surface area contributed by atoms with Gasteiger partial charge in [0.05, 0.1) is 4.92 Å². The molecule has 6 heteroatoms. The molecule has 2 rings (SSSR count). The van der Waals surface area contributed by atoms with E-state index in [-0.39, 0.29) is 5.69 Å². The van der Waals surface area contributed by atoms with Crippen LogP contribution in [0, 0.1) is 17.0 Å². The fourth-order valence-corrected chi connectivity index (χ4v) is 2.06. The fraction of sp³-hybridized carbons (Fsp3) is 0.154. The molecular formula is C13H12BrN3O2. The van der Waals surface area contributed by atoms with Gasteiger partial charge in [0.25, 0.3) is 5.69 Å². The maximum absolute atomic E-state index is 11.0. The Morgan fingerprint density at radius 1 is 1.42 bits per heavy atom. The molecule has 1 aromatic carbocycles. The highest BCUT2D eigenvalue weighted by atomic mass is 79.9. The Bertz CT molecular complexity index is 617. The Hall–Kier alpha value is -1.95. The monoisotopic (exact) mass is 321 g/mol. The highest BCUT2D eigenvalue weighted by Gasteiger charge is 2.13. The second kappa shape index (κ2) is 5.79. The Balaban J connectivity index is 2.22. The van der Waals surface area contributed by atoms with E-state index in [0.29, 0.717) is 12.2 Å². The molecule has 0 aliphatic rings. The number of pyridine rings is 1. The van der Waals surface area contributed by atoms with Crippen LogP contribution in [0.2, 0.25) is 0 Å². The fourth-order valence-electron chi connectivity index (χ4n) is 1.70. The quantitative estimate of drug-likeness (QED) is 0.689. The number of anilines is 1. The van der Waals surface area contributed by atoms with Crippen molar-refractivity contribution in [3.8, 4) is 0 Å². The van der Waals surface area contributed by atoms with Gasteiger partial charge in [0.15, 0.2) is 0 Å². The van der Waals surface area contributed by atoms with E-state index in [2.05, 4.69) is 26.2 Å². The summed E-state index contributed by atoms with van der Waals surface area (Å²) in [5.41, 5.74) is 2.67. The summed E-state index contributed by atoms with van der Waals surface area (Å²) in [4.78, 5) is 14.6. The first-order chi connectivity index (χ1) is 9.08. The van der Waals surface area contributed by atoms with Crippen LogP contribution < -0.4 is 5.32 Å². The number of nitro benzene ring substituents is 1. The predicted molar refractivity (Wildman–Crippen MR) is 77.1 cm³/mol. The van der Waals surface area contributed by atoms with E-state index in [1.165, 1.54) is 6.07 Å². The molecular weight excluding hydrogens is 310 g/mol. The second-order valence-corrected chi connectivity index (χ2v) is 4.99. The van der Waals surface area contributed by atoms with Crippen molar-refractivity contribution in [1.82, 2.24) is 4.98 Å². The summed E-state index contributed by atoms with van der Waals surface area (Å²) < 4.78 is 0.798. The van der Waals surface area contributed by atoms with Gasteiger partial charge in [0.1, 0.15) is 5.69 Å². The van der Waals surface area contributed by atoms with Gasteiger partial charge in [-0.3, -0.25) is 15.1 Å². The molecule has 1 aromatic heterocycles. The summed E-state index contributed by atoms with van der Waals surface area (Å²) in [6, 6.07) is 6.73. The molecule has 0 bridgehead atoms. The van der Waals surface area contributed by atoms with Gasteiger partial charge in [-0.15, -0.1) is 0 Å². The van der Waals surface area contributed by atoms with Crippen LogP contribution in [0.3, 0.4) is 0 Å². The number of halogens is 1. The van der Waals surface area contributed by atoms with Crippen molar-refractivity contribution in [3.05, 3.63) is 62.4 Å². The van der Waals surface area contributed by atoms with Gasteiger partial charge in [-0.2, -0.15) is 0 Å². The molecule has 2 aromatic rings. The lowest BCUT2D eigenvalue weighted by Gasteiger charge is -2.09. The van der Waals surface area contributed by atoms with Crippen molar-refractivity contribution >= 4 is 27.3 Å². The van der Waals surface area contributed by atoms with Crippen LogP contribution >= 0.6 is 15.9 Å². The standard InChI is InChI=1S/C13H12BrN3O2/c1-9-7-15-5-4-10(9)8-16-12-6-11(14)2-3-13(12)17(18)19/h2-7,16H,8H2,1H3. The molecule has 19 heavy (non-hydrogen) atoms. The lowest BCUT2D eigenvalue weighted by molar-refractivity contribution is -0.384. The summed E-state index contributed by atoms with van der Waals surface area (Å²) in [5, 5.41) is 14.0. The molecule has 0 fully saturated rings.